The lowest BCUT2D eigenvalue weighted by atomic mass is 10.4. The van der Waals surface area contributed by atoms with Crippen LogP contribution in [0.1, 0.15) is 34.6 Å². The van der Waals surface area contributed by atoms with Gasteiger partial charge in [-0.05, 0) is 34.6 Å². The molecule has 9 nitrogen and oxygen atoms in total. The number of hydrogen-bond donors (Lipinski definition) is 1. The first-order chi connectivity index (χ1) is 11.7. The van der Waals surface area contributed by atoms with Gasteiger partial charge >= 0.3 is 7.60 Å². The zero-order valence-corrected chi connectivity index (χ0v) is 16.1. The summed E-state index contributed by atoms with van der Waals surface area (Å²) in [5, 5.41) is 0. The molecular formula is C15H26N5O4P. The molecule has 2 rings (SSSR count). The third kappa shape index (κ3) is 5.47. The summed E-state index contributed by atoms with van der Waals surface area (Å²) in [5.74, 6) is 0.331. The minimum Gasteiger partial charge on any atom is -0.382 e. The Kier molecular flexibility index (Phi) is 6.51. The molecule has 0 fully saturated rings. The highest BCUT2D eigenvalue weighted by molar-refractivity contribution is 7.53. The minimum absolute atomic E-state index is 0.117. The molecule has 2 aromatic rings. The van der Waals surface area contributed by atoms with E-state index in [0.29, 0.717) is 23.5 Å². The summed E-state index contributed by atoms with van der Waals surface area (Å²) in [7, 11) is -3.32. The third-order valence-electron chi connectivity index (χ3n) is 3.14. The second-order valence-electron chi connectivity index (χ2n) is 6.35. The molecule has 0 aliphatic carbocycles. The first-order valence-corrected chi connectivity index (χ1v) is 9.91. The average Bonchev–Trinajstić information content (AvgIpc) is 2.88. The molecular weight excluding hydrogens is 345 g/mol. The van der Waals surface area contributed by atoms with Crippen LogP contribution in [0.3, 0.4) is 0 Å². The first-order valence-electron chi connectivity index (χ1n) is 8.19. The van der Waals surface area contributed by atoms with E-state index in [4.69, 9.17) is 19.5 Å². The van der Waals surface area contributed by atoms with Crippen LogP contribution in [-0.2, 0) is 24.9 Å². The van der Waals surface area contributed by atoms with Gasteiger partial charge in [-0.25, -0.2) is 15.0 Å². The Morgan fingerprint density at radius 3 is 2.36 bits per heavy atom. The normalized spacial score (nSPS) is 13.9. The number of fused-ring (bicyclic) bond motifs is 1. The average molecular weight is 371 g/mol. The van der Waals surface area contributed by atoms with E-state index in [0.717, 1.165) is 0 Å². The van der Waals surface area contributed by atoms with E-state index in [2.05, 4.69) is 15.0 Å². The van der Waals surface area contributed by atoms with Crippen LogP contribution in [0.5, 0.6) is 0 Å². The van der Waals surface area contributed by atoms with Crippen LogP contribution in [0, 0.1) is 0 Å². The maximum absolute atomic E-state index is 12.8. The van der Waals surface area contributed by atoms with E-state index in [-0.39, 0.29) is 24.7 Å². The van der Waals surface area contributed by atoms with Crippen LogP contribution < -0.4 is 5.73 Å². The molecule has 0 bridgehead atoms. The number of nitrogens with zero attached hydrogens (tertiary/aromatic N) is 4. The fourth-order valence-electron chi connectivity index (χ4n) is 2.31. The largest absolute Gasteiger partial charge is 0.382 e. The smallest absolute Gasteiger partial charge is 0.356 e. The van der Waals surface area contributed by atoms with Gasteiger partial charge in [0.25, 0.3) is 0 Å². The molecule has 0 aliphatic heterocycles. The first kappa shape index (κ1) is 19.8. The Morgan fingerprint density at radius 1 is 1.12 bits per heavy atom. The Balaban J connectivity index is 2.01. The molecule has 0 radical (unpaired) electrons. The van der Waals surface area contributed by atoms with Crippen LogP contribution in [0.4, 0.5) is 5.82 Å². The van der Waals surface area contributed by atoms with Gasteiger partial charge in [-0.3, -0.25) is 4.57 Å². The summed E-state index contributed by atoms with van der Waals surface area (Å²) in [4.78, 5) is 12.3. The standard InChI is InChI=1S/C15H26N5O4P/c1-10(2)23-25(21,24-11(3)4)9-22-12(5)6-20-8-19-13-14(16)17-7-18-15(13)20/h7-8,10-12H,6,9H2,1-5H3,(H2,16,17,18)/t12-/m0/s1. The molecule has 140 valence electrons. The molecule has 0 amide bonds. The Morgan fingerprint density at radius 2 is 1.76 bits per heavy atom. The summed E-state index contributed by atoms with van der Waals surface area (Å²) < 4.78 is 31.3. The molecule has 0 saturated heterocycles. The van der Waals surface area contributed by atoms with Crippen molar-refractivity contribution in [1.82, 2.24) is 19.5 Å². The van der Waals surface area contributed by atoms with Gasteiger partial charge in [0, 0.05) is 0 Å². The highest BCUT2D eigenvalue weighted by atomic mass is 31.2. The van der Waals surface area contributed by atoms with Crippen molar-refractivity contribution in [3.05, 3.63) is 12.7 Å². The molecule has 0 aliphatic rings. The Hall–Kier alpha value is -1.54. The number of nitrogen functional groups attached to an aromatic ring is 1. The van der Waals surface area contributed by atoms with Crippen molar-refractivity contribution in [2.75, 3.05) is 12.1 Å². The lowest BCUT2D eigenvalue weighted by Crippen LogP contribution is -2.19. The van der Waals surface area contributed by atoms with E-state index in [1.807, 2.05) is 39.2 Å². The maximum Gasteiger partial charge on any atom is 0.356 e. The molecule has 2 N–H and O–H groups in total. The zero-order valence-electron chi connectivity index (χ0n) is 15.2. The molecule has 0 spiro atoms. The van der Waals surface area contributed by atoms with Gasteiger partial charge in [-0.2, -0.15) is 0 Å². The highest BCUT2D eigenvalue weighted by Gasteiger charge is 2.29. The van der Waals surface area contributed by atoms with Crippen LogP contribution >= 0.6 is 7.60 Å². The summed E-state index contributed by atoms with van der Waals surface area (Å²) in [6.45, 7) is 9.56. The topological polar surface area (TPSA) is 114 Å². The number of nitrogens with two attached hydrogens (primary N) is 1. The molecule has 0 aromatic carbocycles. The molecule has 10 heteroatoms. The third-order valence-corrected chi connectivity index (χ3v) is 5.09. The SMILES string of the molecule is CC(C)OP(=O)(CO[C@@H](C)Cn1cnc2c(N)ncnc21)OC(C)C. The number of imidazole rings is 1. The number of ether oxygens (including phenoxy) is 1. The number of hydrogen-bond acceptors (Lipinski definition) is 8. The fraction of sp³-hybridized carbons (Fsp3) is 0.667. The zero-order chi connectivity index (χ0) is 18.6. The van der Waals surface area contributed by atoms with E-state index >= 15 is 0 Å². The maximum atomic E-state index is 12.8. The van der Waals surface area contributed by atoms with Crippen LogP contribution in [0.15, 0.2) is 12.7 Å². The van der Waals surface area contributed by atoms with Crippen molar-refractivity contribution >= 4 is 24.6 Å². The Labute approximate surface area is 147 Å². The highest BCUT2D eigenvalue weighted by Crippen LogP contribution is 2.50. The monoisotopic (exact) mass is 371 g/mol. The van der Waals surface area contributed by atoms with Crippen molar-refractivity contribution in [2.24, 2.45) is 0 Å². The van der Waals surface area contributed by atoms with Crippen molar-refractivity contribution in [3.63, 3.8) is 0 Å². The van der Waals surface area contributed by atoms with Gasteiger partial charge in [-0.1, -0.05) is 0 Å². The summed E-state index contributed by atoms with van der Waals surface area (Å²) in [6, 6.07) is 0. The summed E-state index contributed by atoms with van der Waals surface area (Å²) in [6.07, 6.45) is 2.20. The fourth-order valence-corrected chi connectivity index (χ4v) is 4.20. The van der Waals surface area contributed by atoms with Gasteiger partial charge in [0.05, 0.1) is 31.2 Å². The van der Waals surface area contributed by atoms with Crippen LogP contribution in [0.2, 0.25) is 0 Å². The Bertz CT molecular complexity index is 735. The van der Waals surface area contributed by atoms with Crippen molar-refractivity contribution in [1.29, 1.82) is 0 Å². The van der Waals surface area contributed by atoms with Crippen molar-refractivity contribution in [3.8, 4) is 0 Å². The van der Waals surface area contributed by atoms with E-state index in [1.165, 1.54) is 6.33 Å². The molecule has 0 unspecified atom stereocenters. The number of aromatic nitrogens is 4. The molecule has 0 saturated carbocycles. The van der Waals surface area contributed by atoms with Gasteiger partial charge in [0.2, 0.25) is 0 Å². The summed E-state index contributed by atoms with van der Waals surface area (Å²) >= 11 is 0. The van der Waals surface area contributed by atoms with Crippen LogP contribution in [-0.4, -0.2) is 44.2 Å². The second-order valence-corrected chi connectivity index (χ2v) is 8.26. The molecule has 1 atom stereocenters. The van der Waals surface area contributed by atoms with Crippen molar-refractivity contribution < 1.29 is 18.3 Å². The molecule has 2 heterocycles. The van der Waals surface area contributed by atoms with E-state index in [9.17, 15) is 4.57 Å². The lowest BCUT2D eigenvalue weighted by molar-refractivity contribution is 0.0549. The number of anilines is 1. The lowest BCUT2D eigenvalue weighted by Gasteiger charge is -2.24. The second kappa shape index (κ2) is 8.23. The number of rotatable bonds is 9. The molecule has 25 heavy (non-hydrogen) atoms. The predicted molar refractivity (Wildman–Crippen MR) is 95.2 cm³/mol. The quantitative estimate of drug-likeness (QED) is 0.669. The van der Waals surface area contributed by atoms with E-state index in [1.54, 1.807) is 6.33 Å². The van der Waals surface area contributed by atoms with Gasteiger partial charge in [0.1, 0.15) is 18.2 Å². The van der Waals surface area contributed by atoms with Crippen LogP contribution in [0.25, 0.3) is 11.2 Å². The van der Waals surface area contributed by atoms with Gasteiger partial charge < -0.3 is 24.1 Å². The molecule has 2 aromatic heterocycles. The van der Waals surface area contributed by atoms with E-state index < -0.39 is 7.60 Å². The van der Waals surface area contributed by atoms with Crippen molar-refractivity contribution in [2.45, 2.75) is 59.5 Å². The summed E-state index contributed by atoms with van der Waals surface area (Å²) in [5.41, 5.74) is 6.96. The van der Waals surface area contributed by atoms with Gasteiger partial charge in [0.15, 0.2) is 11.5 Å². The minimum atomic E-state index is -3.32. The van der Waals surface area contributed by atoms with Gasteiger partial charge in [-0.15, -0.1) is 0 Å². The predicted octanol–water partition coefficient (Wildman–Crippen LogP) is 2.81.